The van der Waals surface area contributed by atoms with E-state index in [1.54, 1.807) is 23.8 Å². The Morgan fingerprint density at radius 1 is 1.28 bits per heavy atom. The van der Waals surface area contributed by atoms with Crippen molar-refractivity contribution in [3.8, 4) is 0 Å². The summed E-state index contributed by atoms with van der Waals surface area (Å²) < 4.78 is 5.10. The number of likely N-dealkylation sites (tertiary alicyclic amines) is 1. The lowest BCUT2D eigenvalue weighted by molar-refractivity contribution is -0.151. The first-order valence-electron chi connectivity index (χ1n) is 8.83. The standard InChI is InChI=1S/C19H24N2O4/c1-3-25-19(24)13-7-6-10-21(12-13)18(23)15-11-17(22)20(2)16-9-5-4-8-14(15)16/h4-5,8-9,13,15H,3,6-7,10-12H2,1-2H3. The van der Waals surface area contributed by atoms with Crippen LogP contribution in [-0.4, -0.2) is 49.4 Å². The van der Waals surface area contributed by atoms with Gasteiger partial charge in [-0.2, -0.15) is 0 Å². The van der Waals surface area contributed by atoms with E-state index in [2.05, 4.69) is 0 Å². The highest BCUT2D eigenvalue weighted by molar-refractivity contribution is 6.02. The van der Waals surface area contributed by atoms with E-state index in [9.17, 15) is 14.4 Å². The Balaban J connectivity index is 1.80. The largest absolute Gasteiger partial charge is 0.466 e. The molecule has 2 unspecified atom stereocenters. The van der Waals surface area contributed by atoms with Crippen LogP contribution in [0.25, 0.3) is 0 Å². The molecular formula is C19H24N2O4. The van der Waals surface area contributed by atoms with Crippen LogP contribution in [-0.2, 0) is 19.1 Å². The van der Waals surface area contributed by atoms with Crippen molar-refractivity contribution < 1.29 is 19.1 Å². The second kappa shape index (κ2) is 7.25. The number of ether oxygens (including phenoxy) is 1. The molecule has 6 heteroatoms. The second-order valence-electron chi connectivity index (χ2n) is 6.64. The van der Waals surface area contributed by atoms with Crippen molar-refractivity contribution in [3.05, 3.63) is 29.8 Å². The van der Waals surface area contributed by atoms with Crippen LogP contribution in [0.15, 0.2) is 24.3 Å². The lowest BCUT2D eigenvalue weighted by Crippen LogP contribution is -2.46. The fraction of sp³-hybridized carbons (Fsp3) is 0.526. The zero-order valence-electron chi connectivity index (χ0n) is 14.7. The zero-order chi connectivity index (χ0) is 18.0. The van der Waals surface area contributed by atoms with Crippen molar-refractivity contribution in [2.45, 2.75) is 32.1 Å². The van der Waals surface area contributed by atoms with E-state index in [-0.39, 0.29) is 30.1 Å². The maximum atomic E-state index is 13.1. The molecule has 2 atom stereocenters. The van der Waals surface area contributed by atoms with Gasteiger partial charge in [0.15, 0.2) is 0 Å². The van der Waals surface area contributed by atoms with E-state index in [1.807, 2.05) is 24.3 Å². The van der Waals surface area contributed by atoms with Crippen LogP contribution in [0.1, 0.15) is 37.7 Å². The molecule has 0 radical (unpaired) electrons. The van der Waals surface area contributed by atoms with E-state index in [0.29, 0.717) is 19.7 Å². The maximum absolute atomic E-state index is 13.1. The quantitative estimate of drug-likeness (QED) is 0.786. The molecule has 6 nitrogen and oxygen atoms in total. The Morgan fingerprint density at radius 3 is 2.80 bits per heavy atom. The number of hydrogen-bond acceptors (Lipinski definition) is 4. The Kier molecular flexibility index (Phi) is 5.06. The van der Waals surface area contributed by atoms with Gasteiger partial charge >= 0.3 is 5.97 Å². The molecule has 0 aliphatic carbocycles. The molecule has 0 bridgehead atoms. The first-order valence-corrected chi connectivity index (χ1v) is 8.83. The summed E-state index contributed by atoms with van der Waals surface area (Å²) in [5.41, 5.74) is 1.67. The normalized spacial score (nSPS) is 23.2. The molecule has 1 fully saturated rings. The van der Waals surface area contributed by atoms with Gasteiger partial charge in [-0.25, -0.2) is 0 Å². The van der Waals surface area contributed by atoms with Crippen molar-refractivity contribution in [3.63, 3.8) is 0 Å². The minimum Gasteiger partial charge on any atom is -0.466 e. The van der Waals surface area contributed by atoms with Crippen molar-refractivity contribution >= 4 is 23.5 Å². The third-order valence-electron chi connectivity index (χ3n) is 5.08. The molecule has 0 N–H and O–H groups in total. The minimum atomic E-state index is -0.471. The molecule has 2 aliphatic heterocycles. The summed E-state index contributed by atoms with van der Waals surface area (Å²) in [6.45, 7) is 3.13. The summed E-state index contributed by atoms with van der Waals surface area (Å²) in [5.74, 6) is -1.10. The van der Waals surface area contributed by atoms with Gasteiger partial charge in [-0.3, -0.25) is 14.4 Å². The first-order chi connectivity index (χ1) is 12.0. The molecule has 1 aromatic rings. The lowest BCUT2D eigenvalue weighted by Gasteiger charge is -2.37. The number of hydrogen-bond donors (Lipinski definition) is 0. The van der Waals surface area contributed by atoms with E-state index < -0.39 is 5.92 Å². The number of nitrogens with zero attached hydrogens (tertiary/aromatic N) is 2. The predicted octanol–water partition coefficient (Wildman–Crippen LogP) is 1.94. The highest BCUT2D eigenvalue weighted by Crippen LogP contribution is 2.36. The zero-order valence-corrected chi connectivity index (χ0v) is 14.7. The molecule has 0 saturated carbocycles. The number of para-hydroxylation sites is 1. The molecule has 2 heterocycles. The number of carbonyl (C=O) groups is 3. The summed E-state index contributed by atoms with van der Waals surface area (Å²) >= 11 is 0. The molecule has 3 rings (SSSR count). The van der Waals surface area contributed by atoms with Gasteiger partial charge < -0.3 is 14.5 Å². The Bertz CT molecular complexity index is 688. The molecule has 25 heavy (non-hydrogen) atoms. The van der Waals surface area contributed by atoms with E-state index >= 15 is 0 Å². The van der Waals surface area contributed by atoms with Crippen molar-refractivity contribution in [2.75, 3.05) is 31.6 Å². The number of piperidine rings is 1. The Hall–Kier alpha value is -2.37. The average Bonchev–Trinajstić information content (AvgIpc) is 2.64. The molecule has 0 aromatic heterocycles. The van der Waals surface area contributed by atoms with Gasteiger partial charge in [-0.05, 0) is 31.4 Å². The predicted molar refractivity (Wildman–Crippen MR) is 93.1 cm³/mol. The van der Waals surface area contributed by atoms with Crippen molar-refractivity contribution in [2.24, 2.45) is 5.92 Å². The third kappa shape index (κ3) is 3.38. The topological polar surface area (TPSA) is 66.9 Å². The van der Waals surface area contributed by atoms with E-state index in [0.717, 1.165) is 24.1 Å². The summed E-state index contributed by atoms with van der Waals surface area (Å²) in [5, 5.41) is 0. The van der Waals surface area contributed by atoms with Gasteiger partial charge in [0.25, 0.3) is 0 Å². The number of amides is 2. The Morgan fingerprint density at radius 2 is 2.04 bits per heavy atom. The summed E-state index contributed by atoms with van der Waals surface area (Å²) in [7, 11) is 1.74. The van der Waals surface area contributed by atoms with Crippen LogP contribution in [0.4, 0.5) is 5.69 Å². The van der Waals surface area contributed by atoms with Gasteiger partial charge in [0.1, 0.15) is 0 Å². The third-order valence-corrected chi connectivity index (χ3v) is 5.08. The summed E-state index contributed by atoms with van der Waals surface area (Å²) in [4.78, 5) is 40.7. The number of anilines is 1. The summed E-state index contributed by atoms with van der Waals surface area (Å²) in [6.07, 6.45) is 1.69. The van der Waals surface area contributed by atoms with Gasteiger partial charge in [0.2, 0.25) is 11.8 Å². The fourth-order valence-electron chi connectivity index (χ4n) is 3.71. The number of rotatable bonds is 3. The van der Waals surface area contributed by atoms with E-state index in [4.69, 9.17) is 4.74 Å². The molecule has 0 spiro atoms. The number of benzene rings is 1. The smallest absolute Gasteiger partial charge is 0.310 e. The number of carbonyl (C=O) groups excluding carboxylic acids is 3. The highest BCUT2D eigenvalue weighted by atomic mass is 16.5. The molecule has 1 saturated heterocycles. The minimum absolute atomic E-state index is 0.0593. The van der Waals surface area contributed by atoms with Crippen LogP contribution in [0.5, 0.6) is 0 Å². The average molecular weight is 344 g/mol. The molecule has 2 aliphatic rings. The maximum Gasteiger partial charge on any atom is 0.310 e. The number of fused-ring (bicyclic) bond motifs is 1. The molecule has 134 valence electrons. The fourth-order valence-corrected chi connectivity index (χ4v) is 3.71. The monoisotopic (exact) mass is 344 g/mol. The van der Waals surface area contributed by atoms with Gasteiger partial charge in [0.05, 0.1) is 18.4 Å². The van der Waals surface area contributed by atoms with Crippen LogP contribution < -0.4 is 4.90 Å². The SMILES string of the molecule is CCOC(=O)C1CCCN(C(=O)C2CC(=O)N(C)c3ccccc32)C1. The highest BCUT2D eigenvalue weighted by Gasteiger charge is 2.38. The molecule has 2 amide bonds. The first kappa shape index (κ1) is 17.5. The summed E-state index contributed by atoms with van der Waals surface area (Å²) in [6, 6.07) is 7.53. The molecular weight excluding hydrogens is 320 g/mol. The Labute approximate surface area is 147 Å². The van der Waals surface area contributed by atoms with Crippen molar-refractivity contribution in [1.82, 2.24) is 4.90 Å². The van der Waals surface area contributed by atoms with Crippen LogP contribution >= 0.6 is 0 Å². The van der Waals surface area contributed by atoms with Crippen LogP contribution in [0.2, 0.25) is 0 Å². The second-order valence-corrected chi connectivity index (χ2v) is 6.64. The number of esters is 1. The van der Waals surface area contributed by atoms with Gasteiger partial charge in [0, 0.05) is 32.2 Å². The van der Waals surface area contributed by atoms with Crippen molar-refractivity contribution in [1.29, 1.82) is 0 Å². The van der Waals surface area contributed by atoms with Crippen LogP contribution in [0, 0.1) is 5.92 Å². The van der Waals surface area contributed by atoms with Crippen LogP contribution in [0.3, 0.4) is 0 Å². The van der Waals surface area contributed by atoms with Gasteiger partial charge in [-0.1, -0.05) is 18.2 Å². The lowest BCUT2D eigenvalue weighted by atomic mass is 9.87. The molecule has 1 aromatic carbocycles. The van der Waals surface area contributed by atoms with Gasteiger partial charge in [-0.15, -0.1) is 0 Å². The van der Waals surface area contributed by atoms with E-state index in [1.165, 1.54) is 0 Å².